The number of rotatable bonds is 4. The SMILES string of the molecule is C[N+]1(c2c3c4c(C(=O)I)c(c2C(=O)I)[N+]2(C)C(=CCc5cc-4ccc52)C(=O)N3)C(C(N)=O)=CCc2ccccc21. The van der Waals surface area contributed by atoms with Gasteiger partial charge in [-0.05, 0) is 29.8 Å². The fraction of sp³-hybridized carbons (Fsp3) is 0.133. The minimum Gasteiger partial charge on any atom is -0.361 e. The third kappa shape index (κ3) is 3.02. The number of anilines is 1. The van der Waals surface area contributed by atoms with Gasteiger partial charge in [-0.25, -0.2) is 8.97 Å². The minimum atomic E-state index is -0.632. The summed E-state index contributed by atoms with van der Waals surface area (Å²) in [7, 11) is 3.69. The van der Waals surface area contributed by atoms with E-state index < -0.39 is 5.91 Å². The van der Waals surface area contributed by atoms with Crippen LogP contribution in [0.3, 0.4) is 0 Å². The smallest absolute Gasteiger partial charge is 0.310 e. The van der Waals surface area contributed by atoms with Gasteiger partial charge < -0.3 is 11.1 Å². The van der Waals surface area contributed by atoms with Crippen LogP contribution in [0.1, 0.15) is 31.8 Å². The molecule has 0 spiro atoms. The molecule has 0 aromatic heterocycles. The number of likely N-dealkylation sites (N-methyl/N-ethyl adjacent to an activating group) is 2. The molecule has 3 N–H and O–H groups in total. The van der Waals surface area contributed by atoms with E-state index in [0.717, 1.165) is 28.1 Å². The number of carbonyl (C=O) groups excluding carboxylic acids is 4. The van der Waals surface area contributed by atoms with Crippen LogP contribution in [0.2, 0.25) is 0 Å². The summed E-state index contributed by atoms with van der Waals surface area (Å²) >= 11 is 3.53. The normalized spacial score (nSPS) is 22.9. The molecule has 198 valence electrons. The number of carbonyl (C=O) groups is 4. The number of halogens is 2. The summed E-state index contributed by atoms with van der Waals surface area (Å²) in [4.78, 5) is 54.7. The standard InChI is InChI=1S/C30H20I2N4O4/c1-35(17-6-4-3-5-14(17)7-11-19(35)29(33)39)26-23(28(32)38)25-22(27(31)37)21-16-9-10-18-15(13-16)8-12-20(36(18,25)2)30(40)34-24(21)26/h3-6,9-13H,7-8H2,1-2H3,(H-2,33,34,39,40)/p+2. The first-order valence-corrected chi connectivity index (χ1v) is 14.8. The predicted molar refractivity (Wildman–Crippen MR) is 171 cm³/mol. The summed E-state index contributed by atoms with van der Waals surface area (Å²) in [6.45, 7) is 0. The molecule has 10 heteroatoms. The second-order valence-corrected chi connectivity index (χ2v) is 12.6. The number of nitrogens with one attached hydrogen (secondary N) is 1. The molecule has 0 saturated heterocycles. The van der Waals surface area contributed by atoms with E-state index >= 15 is 0 Å². The van der Waals surface area contributed by atoms with Gasteiger partial charge in [0.15, 0.2) is 16.9 Å². The molecular formula is C30H22I2N4O4+2. The number of allylic oxidation sites excluding steroid dienone is 2. The Morgan fingerprint density at radius 1 is 0.850 bits per heavy atom. The molecule has 9 rings (SSSR count). The topological polar surface area (TPSA) is 106 Å². The van der Waals surface area contributed by atoms with Crippen LogP contribution in [0.25, 0.3) is 11.1 Å². The highest BCUT2D eigenvalue weighted by molar-refractivity contribution is 14.1. The summed E-state index contributed by atoms with van der Waals surface area (Å²) in [6.07, 6.45) is 4.72. The van der Waals surface area contributed by atoms with Crippen LogP contribution in [0, 0.1) is 0 Å². The predicted octanol–water partition coefficient (Wildman–Crippen LogP) is 5.67. The van der Waals surface area contributed by atoms with Crippen LogP contribution in [0.4, 0.5) is 28.4 Å². The maximum Gasteiger partial charge on any atom is 0.310 e. The Kier molecular flexibility index (Phi) is 5.41. The quantitative estimate of drug-likeness (QED) is 0.203. The lowest BCUT2D eigenvalue weighted by atomic mass is 9.82. The van der Waals surface area contributed by atoms with Crippen molar-refractivity contribution in [1.29, 1.82) is 0 Å². The number of amides is 2. The number of fused-ring (bicyclic) bond motifs is 4. The molecule has 0 aliphatic carbocycles. The Hall–Kier alpha value is -3.20. The number of nitrogens with two attached hydrogens (primary N) is 1. The Labute approximate surface area is 257 Å². The van der Waals surface area contributed by atoms with Gasteiger partial charge in [-0.15, -0.1) is 0 Å². The summed E-state index contributed by atoms with van der Waals surface area (Å²) in [5.74, 6) is -0.952. The van der Waals surface area contributed by atoms with Crippen molar-refractivity contribution in [2.75, 3.05) is 19.4 Å². The lowest BCUT2D eigenvalue weighted by Gasteiger charge is -2.46. The van der Waals surface area contributed by atoms with Gasteiger partial charge in [0.25, 0.3) is 0 Å². The summed E-state index contributed by atoms with van der Waals surface area (Å²) in [5.41, 5.74) is 13.5. The van der Waals surface area contributed by atoms with Crippen molar-refractivity contribution in [2.24, 2.45) is 5.73 Å². The largest absolute Gasteiger partial charge is 0.361 e. The summed E-state index contributed by atoms with van der Waals surface area (Å²) in [5, 5.41) is 3.14. The van der Waals surface area contributed by atoms with Crippen LogP contribution in [0.15, 0.2) is 66.0 Å². The minimum absolute atomic E-state index is 0.146. The number of para-hydroxylation sites is 1. The van der Waals surface area contributed by atoms with Crippen molar-refractivity contribution >= 4 is 93.0 Å². The van der Waals surface area contributed by atoms with Crippen LogP contribution >= 0.6 is 45.2 Å². The molecule has 2 amide bonds. The molecule has 6 aliphatic heterocycles. The van der Waals surface area contributed by atoms with Gasteiger partial charge in [0.1, 0.15) is 22.6 Å². The highest BCUT2D eigenvalue weighted by Gasteiger charge is 2.56. The fourth-order valence-corrected chi connectivity index (χ4v) is 8.22. The summed E-state index contributed by atoms with van der Waals surface area (Å²) in [6, 6.07) is 13.7. The fourth-order valence-electron chi connectivity index (χ4n) is 7.18. The van der Waals surface area contributed by atoms with Gasteiger partial charge in [-0.1, -0.05) is 18.2 Å². The van der Waals surface area contributed by atoms with Gasteiger partial charge in [0, 0.05) is 86.8 Å². The average molecular weight is 756 g/mol. The molecule has 2 unspecified atom stereocenters. The van der Waals surface area contributed by atoms with E-state index in [1.54, 1.807) is 51.3 Å². The van der Waals surface area contributed by atoms with Crippen molar-refractivity contribution in [3.05, 3.63) is 88.3 Å². The number of nitrogens with zero attached hydrogens (tertiary/aromatic N) is 2. The van der Waals surface area contributed by atoms with Crippen LogP contribution in [-0.2, 0) is 22.4 Å². The maximum atomic E-state index is 14.1. The first-order valence-electron chi connectivity index (χ1n) is 12.6. The first kappa shape index (κ1) is 25.7. The second kappa shape index (κ2) is 8.41. The highest BCUT2D eigenvalue weighted by atomic mass is 127. The molecular weight excluding hydrogens is 734 g/mol. The molecule has 6 aliphatic rings. The zero-order chi connectivity index (χ0) is 28.3. The van der Waals surface area contributed by atoms with Gasteiger partial charge in [-0.2, -0.15) is 0 Å². The Bertz CT molecular complexity index is 1880. The monoisotopic (exact) mass is 756 g/mol. The zero-order valence-corrected chi connectivity index (χ0v) is 25.8. The van der Waals surface area contributed by atoms with Crippen molar-refractivity contribution in [3.8, 4) is 11.1 Å². The number of hydrogen-bond donors (Lipinski definition) is 2. The van der Waals surface area contributed by atoms with Gasteiger partial charge in [0.05, 0.1) is 14.1 Å². The van der Waals surface area contributed by atoms with Gasteiger partial charge >= 0.3 is 11.8 Å². The van der Waals surface area contributed by atoms with E-state index in [1.165, 1.54) is 0 Å². The zero-order valence-electron chi connectivity index (χ0n) is 21.5. The van der Waals surface area contributed by atoms with E-state index in [1.807, 2.05) is 56.6 Å². The number of benzene rings is 3. The first-order chi connectivity index (χ1) is 19.0. The lowest BCUT2D eigenvalue weighted by molar-refractivity contribution is -0.115. The Balaban J connectivity index is 1.80. The number of quaternary nitrogens is 2. The van der Waals surface area contributed by atoms with Gasteiger partial charge in [0.2, 0.25) is 19.0 Å². The van der Waals surface area contributed by atoms with E-state index in [9.17, 15) is 19.2 Å². The van der Waals surface area contributed by atoms with E-state index in [0.29, 0.717) is 46.7 Å². The molecule has 8 nitrogen and oxygen atoms in total. The van der Waals surface area contributed by atoms with Crippen LogP contribution in [-0.4, -0.2) is 33.5 Å². The van der Waals surface area contributed by atoms with Crippen LogP contribution in [0.5, 0.6) is 0 Å². The Morgan fingerprint density at radius 3 is 2.23 bits per heavy atom. The molecule has 0 fully saturated rings. The molecule has 6 heterocycles. The maximum absolute atomic E-state index is 14.1. The molecule has 3 aromatic carbocycles. The highest BCUT2D eigenvalue weighted by Crippen LogP contribution is 2.62. The molecule has 3 aromatic rings. The van der Waals surface area contributed by atoms with Crippen molar-refractivity contribution in [2.45, 2.75) is 12.8 Å². The average Bonchev–Trinajstić information content (AvgIpc) is 2.90. The van der Waals surface area contributed by atoms with Gasteiger partial charge in [-0.3, -0.25) is 19.2 Å². The van der Waals surface area contributed by atoms with E-state index in [2.05, 4.69) is 11.4 Å². The molecule has 0 saturated carbocycles. The van der Waals surface area contributed by atoms with Crippen molar-refractivity contribution in [3.63, 3.8) is 0 Å². The third-order valence-electron chi connectivity index (χ3n) is 8.78. The molecule has 0 radical (unpaired) electrons. The van der Waals surface area contributed by atoms with E-state index in [4.69, 9.17) is 5.73 Å². The third-order valence-corrected chi connectivity index (χ3v) is 9.85. The summed E-state index contributed by atoms with van der Waals surface area (Å²) < 4.78 is -0.931. The van der Waals surface area contributed by atoms with Crippen molar-refractivity contribution < 1.29 is 19.2 Å². The molecule has 7 bridgehead atoms. The number of primary amides is 1. The van der Waals surface area contributed by atoms with E-state index in [-0.39, 0.29) is 33.7 Å². The lowest BCUT2D eigenvalue weighted by Crippen LogP contribution is -2.52. The molecule has 2 atom stereocenters. The Morgan fingerprint density at radius 2 is 1.52 bits per heavy atom. The van der Waals surface area contributed by atoms with Crippen LogP contribution < -0.4 is 20.0 Å². The van der Waals surface area contributed by atoms with Crippen molar-refractivity contribution in [1.82, 2.24) is 8.97 Å². The number of hydrogen-bond acceptors (Lipinski definition) is 4. The second-order valence-electron chi connectivity index (χ2n) is 10.6. The molecule has 40 heavy (non-hydrogen) atoms.